The Kier molecular flexibility index (Phi) is 4.62. The van der Waals surface area contributed by atoms with E-state index in [-0.39, 0.29) is 17.6 Å². The molecule has 1 saturated heterocycles. The number of nitrogens with two attached hydrogens (primary N) is 1. The molecule has 0 aromatic heterocycles. The first-order valence-corrected chi connectivity index (χ1v) is 6.90. The average molecular weight is 294 g/mol. The molecular weight excluding hydrogens is 275 g/mol. The lowest BCUT2D eigenvalue weighted by Gasteiger charge is -2.34. The molecule has 0 spiro atoms. The molecule has 0 saturated carbocycles. The Bertz CT molecular complexity index is 542. The summed E-state index contributed by atoms with van der Waals surface area (Å²) in [7, 11) is 0. The molecular formula is C14H19FN4O2. The summed E-state index contributed by atoms with van der Waals surface area (Å²) in [6.07, 6.45) is 0. The fourth-order valence-electron chi connectivity index (χ4n) is 2.27. The predicted molar refractivity (Wildman–Crippen MR) is 77.4 cm³/mol. The monoisotopic (exact) mass is 294 g/mol. The van der Waals surface area contributed by atoms with Crippen LogP contribution in [0.2, 0.25) is 0 Å². The number of anilines is 1. The summed E-state index contributed by atoms with van der Waals surface area (Å²) in [6.45, 7) is 4.25. The van der Waals surface area contributed by atoms with Gasteiger partial charge in [-0.2, -0.15) is 0 Å². The highest BCUT2D eigenvalue weighted by Gasteiger charge is 2.25. The van der Waals surface area contributed by atoms with Crippen LogP contribution in [0.4, 0.5) is 14.9 Å². The number of carbonyl (C=O) groups is 2. The first kappa shape index (κ1) is 15.1. The molecule has 2 rings (SSSR count). The highest BCUT2D eigenvalue weighted by molar-refractivity contribution is 5.99. The summed E-state index contributed by atoms with van der Waals surface area (Å²) in [4.78, 5) is 27.3. The Morgan fingerprint density at radius 3 is 2.43 bits per heavy atom. The van der Waals surface area contributed by atoms with E-state index in [1.807, 2.05) is 6.92 Å². The second kappa shape index (κ2) is 6.43. The number of nitrogens with zero attached hydrogens (tertiary/aromatic N) is 2. The summed E-state index contributed by atoms with van der Waals surface area (Å²) < 4.78 is 13.0. The second-order valence-corrected chi connectivity index (χ2v) is 4.85. The topological polar surface area (TPSA) is 78.7 Å². The van der Waals surface area contributed by atoms with Crippen molar-refractivity contribution in [3.05, 3.63) is 29.6 Å². The third kappa shape index (κ3) is 3.42. The van der Waals surface area contributed by atoms with Gasteiger partial charge in [-0.25, -0.2) is 9.18 Å². The predicted octanol–water partition coefficient (Wildman–Crippen LogP) is 0.895. The van der Waals surface area contributed by atoms with Gasteiger partial charge in [-0.1, -0.05) is 0 Å². The van der Waals surface area contributed by atoms with Crippen LogP contribution in [-0.4, -0.2) is 54.5 Å². The highest BCUT2D eigenvalue weighted by atomic mass is 19.1. The summed E-state index contributed by atoms with van der Waals surface area (Å²) >= 11 is 0. The van der Waals surface area contributed by atoms with E-state index < -0.39 is 5.82 Å². The Hall–Kier alpha value is -2.31. The Morgan fingerprint density at radius 2 is 1.86 bits per heavy atom. The van der Waals surface area contributed by atoms with Crippen molar-refractivity contribution >= 4 is 17.6 Å². The third-order valence-electron chi connectivity index (χ3n) is 3.43. The molecule has 6 nitrogen and oxygen atoms in total. The van der Waals surface area contributed by atoms with Crippen LogP contribution in [0.5, 0.6) is 0 Å². The molecule has 0 unspecified atom stereocenters. The minimum absolute atomic E-state index is 0.120. The number of halogens is 1. The van der Waals surface area contributed by atoms with Gasteiger partial charge in [0.2, 0.25) is 0 Å². The molecule has 1 aromatic rings. The number of piperazine rings is 1. The summed E-state index contributed by atoms with van der Waals surface area (Å²) in [5.74, 6) is -0.701. The van der Waals surface area contributed by atoms with Crippen LogP contribution in [0.3, 0.4) is 0 Å². The molecule has 1 aromatic carbocycles. The van der Waals surface area contributed by atoms with Gasteiger partial charge in [0.15, 0.2) is 0 Å². The molecule has 0 aliphatic carbocycles. The molecule has 1 heterocycles. The van der Waals surface area contributed by atoms with E-state index in [0.29, 0.717) is 38.3 Å². The Labute approximate surface area is 122 Å². The van der Waals surface area contributed by atoms with Crippen LogP contribution in [0.15, 0.2) is 18.2 Å². The van der Waals surface area contributed by atoms with Gasteiger partial charge in [0.25, 0.3) is 5.91 Å². The largest absolute Gasteiger partial charge is 0.398 e. The first-order valence-electron chi connectivity index (χ1n) is 6.90. The van der Waals surface area contributed by atoms with Crippen LogP contribution >= 0.6 is 0 Å². The number of benzene rings is 1. The number of hydrogen-bond donors (Lipinski definition) is 2. The minimum Gasteiger partial charge on any atom is -0.398 e. The maximum Gasteiger partial charge on any atom is 0.317 e. The molecule has 0 atom stereocenters. The van der Waals surface area contributed by atoms with Crippen LogP contribution < -0.4 is 11.1 Å². The maximum atomic E-state index is 13.0. The van der Waals surface area contributed by atoms with Crippen molar-refractivity contribution in [3.63, 3.8) is 0 Å². The van der Waals surface area contributed by atoms with E-state index in [4.69, 9.17) is 5.73 Å². The Balaban J connectivity index is 1.98. The van der Waals surface area contributed by atoms with Gasteiger partial charge in [0, 0.05) is 38.4 Å². The molecule has 1 aliphatic heterocycles. The normalized spacial score (nSPS) is 15.0. The number of rotatable bonds is 2. The van der Waals surface area contributed by atoms with Crippen LogP contribution in [-0.2, 0) is 0 Å². The van der Waals surface area contributed by atoms with Crippen molar-refractivity contribution in [1.29, 1.82) is 0 Å². The van der Waals surface area contributed by atoms with Crippen LogP contribution in [0, 0.1) is 5.82 Å². The average Bonchev–Trinajstić information content (AvgIpc) is 2.47. The fourth-order valence-corrected chi connectivity index (χ4v) is 2.27. The molecule has 0 bridgehead atoms. The van der Waals surface area contributed by atoms with Gasteiger partial charge in [-0.3, -0.25) is 4.79 Å². The first-order chi connectivity index (χ1) is 10.0. The molecule has 21 heavy (non-hydrogen) atoms. The SMILES string of the molecule is CCNC(=O)N1CCN(C(=O)c2ccc(F)cc2N)CC1. The van der Waals surface area contributed by atoms with E-state index in [1.54, 1.807) is 9.80 Å². The lowest BCUT2D eigenvalue weighted by Crippen LogP contribution is -2.53. The molecule has 1 aliphatic rings. The van der Waals surface area contributed by atoms with Crippen molar-refractivity contribution in [3.8, 4) is 0 Å². The highest BCUT2D eigenvalue weighted by Crippen LogP contribution is 2.17. The molecule has 3 amide bonds. The molecule has 1 fully saturated rings. The van der Waals surface area contributed by atoms with Crippen LogP contribution in [0.1, 0.15) is 17.3 Å². The third-order valence-corrected chi connectivity index (χ3v) is 3.43. The molecule has 7 heteroatoms. The summed E-state index contributed by atoms with van der Waals surface area (Å²) in [5, 5.41) is 2.73. The van der Waals surface area contributed by atoms with Crippen molar-refractivity contribution < 1.29 is 14.0 Å². The van der Waals surface area contributed by atoms with E-state index in [1.165, 1.54) is 12.1 Å². The number of hydrogen-bond acceptors (Lipinski definition) is 3. The van der Waals surface area contributed by atoms with E-state index in [9.17, 15) is 14.0 Å². The second-order valence-electron chi connectivity index (χ2n) is 4.85. The molecule has 114 valence electrons. The van der Waals surface area contributed by atoms with Gasteiger partial charge in [0.1, 0.15) is 5.82 Å². The number of amides is 3. The van der Waals surface area contributed by atoms with E-state index >= 15 is 0 Å². The summed E-state index contributed by atoms with van der Waals surface area (Å²) in [6, 6.07) is 3.63. The smallest absolute Gasteiger partial charge is 0.317 e. The zero-order valence-electron chi connectivity index (χ0n) is 11.9. The van der Waals surface area contributed by atoms with E-state index in [0.717, 1.165) is 6.07 Å². The van der Waals surface area contributed by atoms with Crippen molar-refractivity contribution in [2.24, 2.45) is 0 Å². The standard InChI is InChI=1S/C14H19FN4O2/c1-2-17-14(21)19-7-5-18(6-8-19)13(20)11-4-3-10(15)9-12(11)16/h3-4,9H,2,5-8,16H2,1H3,(H,17,21). The fraction of sp³-hybridized carbons (Fsp3) is 0.429. The number of urea groups is 1. The van der Waals surface area contributed by atoms with Gasteiger partial charge in [-0.15, -0.1) is 0 Å². The van der Waals surface area contributed by atoms with Gasteiger partial charge >= 0.3 is 6.03 Å². The van der Waals surface area contributed by atoms with Gasteiger partial charge < -0.3 is 20.9 Å². The van der Waals surface area contributed by atoms with Crippen molar-refractivity contribution in [1.82, 2.24) is 15.1 Å². The van der Waals surface area contributed by atoms with Gasteiger partial charge in [-0.05, 0) is 25.1 Å². The van der Waals surface area contributed by atoms with E-state index in [2.05, 4.69) is 5.32 Å². The lowest BCUT2D eigenvalue weighted by molar-refractivity contribution is 0.0666. The lowest BCUT2D eigenvalue weighted by atomic mass is 10.1. The molecule has 3 N–H and O–H groups in total. The maximum absolute atomic E-state index is 13.0. The zero-order chi connectivity index (χ0) is 15.4. The number of nitrogen functional groups attached to an aromatic ring is 1. The number of carbonyl (C=O) groups excluding carboxylic acids is 2. The minimum atomic E-state index is -0.467. The molecule has 0 radical (unpaired) electrons. The number of nitrogens with one attached hydrogen (secondary N) is 1. The quantitative estimate of drug-likeness (QED) is 0.795. The van der Waals surface area contributed by atoms with Crippen molar-refractivity contribution in [2.45, 2.75) is 6.92 Å². The van der Waals surface area contributed by atoms with Crippen molar-refractivity contribution in [2.75, 3.05) is 38.5 Å². The summed E-state index contributed by atoms with van der Waals surface area (Å²) in [5.41, 5.74) is 6.11. The van der Waals surface area contributed by atoms with Gasteiger partial charge in [0.05, 0.1) is 5.56 Å². The zero-order valence-corrected chi connectivity index (χ0v) is 11.9. The van der Waals surface area contributed by atoms with Crippen LogP contribution in [0.25, 0.3) is 0 Å². The Morgan fingerprint density at radius 1 is 1.24 bits per heavy atom.